The molecule has 1 aliphatic heterocycles. The van der Waals surface area contributed by atoms with Gasteiger partial charge >= 0.3 is 5.97 Å². The molecule has 0 aliphatic carbocycles. The fourth-order valence-electron chi connectivity index (χ4n) is 3.12. The minimum atomic E-state index is -1.10. The standard InChI is InChI=1S/C21H22N2O5/c1-14-20(25)23(17-9-5-6-10-18(17)28-14)12-11-19(24)22-16(21(26)27)13-15-7-3-2-4-8-15/h2-10,14,16H,11-13H2,1H3,(H,22,24)(H,26,27)/t14?,16-/m0/s1. The Balaban J connectivity index is 1.63. The summed E-state index contributed by atoms with van der Waals surface area (Å²) < 4.78 is 5.57. The lowest BCUT2D eigenvalue weighted by Gasteiger charge is -2.32. The molecular formula is C21H22N2O5. The maximum absolute atomic E-state index is 12.4. The van der Waals surface area contributed by atoms with E-state index in [1.54, 1.807) is 25.1 Å². The van der Waals surface area contributed by atoms with Crippen molar-refractivity contribution < 1.29 is 24.2 Å². The second-order valence-electron chi connectivity index (χ2n) is 6.62. The number of amides is 2. The quantitative estimate of drug-likeness (QED) is 0.764. The number of aliphatic carboxylic acids is 1. The Labute approximate surface area is 162 Å². The summed E-state index contributed by atoms with van der Waals surface area (Å²) in [4.78, 5) is 37.8. The second kappa shape index (κ2) is 8.56. The number of carbonyl (C=O) groups is 3. The Kier molecular flexibility index (Phi) is 5.93. The van der Waals surface area contributed by atoms with E-state index >= 15 is 0 Å². The van der Waals surface area contributed by atoms with Gasteiger partial charge in [0.2, 0.25) is 5.91 Å². The minimum Gasteiger partial charge on any atom is -0.480 e. The van der Waals surface area contributed by atoms with Gasteiger partial charge in [-0.25, -0.2) is 4.79 Å². The number of ether oxygens (including phenoxy) is 1. The van der Waals surface area contributed by atoms with Crippen LogP contribution >= 0.6 is 0 Å². The average molecular weight is 382 g/mol. The highest BCUT2D eigenvalue weighted by molar-refractivity contribution is 6.00. The van der Waals surface area contributed by atoms with Crippen molar-refractivity contribution in [1.29, 1.82) is 0 Å². The van der Waals surface area contributed by atoms with Crippen LogP contribution in [0.3, 0.4) is 0 Å². The molecule has 0 saturated carbocycles. The third kappa shape index (κ3) is 4.49. The van der Waals surface area contributed by atoms with Crippen molar-refractivity contribution in [2.45, 2.75) is 31.9 Å². The molecule has 7 nitrogen and oxygen atoms in total. The molecule has 7 heteroatoms. The number of hydrogen-bond acceptors (Lipinski definition) is 4. The van der Waals surface area contributed by atoms with Crippen LogP contribution in [0.5, 0.6) is 5.75 Å². The molecule has 2 amide bonds. The number of nitrogens with zero attached hydrogens (tertiary/aromatic N) is 1. The van der Waals surface area contributed by atoms with E-state index in [-0.39, 0.29) is 25.3 Å². The Morgan fingerprint density at radius 2 is 1.82 bits per heavy atom. The van der Waals surface area contributed by atoms with Crippen molar-refractivity contribution in [3.8, 4) is 5.75 Å². The largest absolute Gasteiger partial charge is 0.480 e. The molecule has 0 spiro atoms. The van der Waals surface area contributed by atoms with Crippen LogP contribution < -0.4 is 15.0 Å². The van der Waals surface area contributed by atoms with Crippen LogP contribution in [-0.4, -0.2) is 41.6 Å². The van der Waals surface area contributed by atoms with E-state index in [9.17, 15) is 19.5 Å². The zero-order valence-corrected chi connectivity index (χ0v) is 15.5. The summed E-state index contributed by atoms with van der Waals surface area (Å²) in [5.41, 5.74) is 1.43. The molecule has 2 N–H and O–H groups in total. The van der Waals surface area contributed by atoms with Crippen molar-refractivity contribution in [3.63, 3.8) is 0 Å². The summed E-state index contributed by atoms with van der Waals surface area (Å²) in [5, 5.41) is 12.0. The first-order chi connectivity index (χ1) is 13.5. The van der Waals surface area contributed by atoms with Crippen molar-refractivity contribution in [2.24, 2.45) is 0 Å². The first-order valence-electron chi connectivity index (χ1n) is 9.09. The van der Waals surface area contributed by atoms with Crippen molar-refractivity contribution in [2.75, 3.05) is 11.4 Å². The molecular weight excluding hydrogens is 360 g/mol. The van der Waals surface area contributed by atoms with Crippen LogP contribution in [0.25, 0.3) is 0 Å². The number of anilines is 1. The molecule has 0 radical (unpaired) electrons. The van der Waals surface area contributed by atoms with Gasteiger partial charge in [-0.3, -0.25) is 9.59 Å². The number of fused-ring (bicyclic) bond motifs is 1. The topological polar surface area (TPSA) is 95.9 Å². The third-order valence-corrected chi connectivity index (χ3v) is 4.55. The van der Waals surface area contributed by atoms with Gasteiger partial charge in [-0.2, -0.15) is 0 Å². The van der Waals surface area contributed by atoms with Gasteiger partial charge in [0, 0.05) is 19.4 Å². The first-order valence-corrected chi connectivity index (χ1v) is 9.09. The van der Waals surface area contributed by atoms with Gasteiger partial charge in [0.15, 0.2) is 6.10 Å². The number of carboxylic acids is 1. The summed E-state index contributed by atoms with van der Waals surface area (Å²) in [7, 11) is 0. The zero-order valence-electron chi connectivity index (χ0n) is 15.5. The van der Waals surface area contributed by atoms with E-state index in [2.05, 4.69) is 5.32 Å². The van der Waals surface area contributed by atoms with Crippen molar-refractivity contribution >= 4 is 23.5 Å². The fraction of sp³-hybridized carbons (Fsp3) is 0.286. The molecule has 0 saturated heterocycles. The molecule has 146 valence electrons. The first kappa shape index (κ1) is 19.4. The molecule has 1 aliphatic rings. The molecule has 2 atom stereocenters. The number of nitrogens with one attached hydrogen (secondary N) is 1. The molecule has 2 aromatic carbocycles. The maximum atomic E-state index is 12.4. The van der Waals surface area contributed by atoms with Gasteiger partial charge < -0.3 is 20.1 Å². The Morgan fingerprint density at radius 3 is 2.54 bits per heavy atom. The summed E-state index contributed by atoms with van der Waals surface area (Å²) in [6.07, 6.45) is -0.452. The van der Waals surface area contributed by atoms with Gasteiger partial charge in [0.25, 0.3) is 5.91 Å². The number of benzene rings is 2. The maximum Gasteiger partial charge on any atom is 0.326 e. The number of carboxylic acid groups (broad SMARTS) is 1. The second-order valence-corrected chi connectivity index (χ2v) is 6.62. The molecule has 28 heavy (non-hydrogen) atoms. The molecule has 3 rings (SSSR count). The highest BCUT2D eigenvalue weighted by Crippen LogP contribution is 2.33. The van der Waals surface area contributed by atoms with Crippen LogP contribution in [0.2, 0.25) is 0 Å². The number of rotatable bonds is 7. The number of para-hydroxylation sites is 2. The van der Waals surface area contributed by atoms with Crippen LogP contribution in [0.15, 0.2) is 54.6 Å². The number of hydrogen-bond donors (Lipinski definition) is 2. The highest BCUT2D eigenvalue weighted by atomic mass is 16.5. The highest BCUT2D eigenvalue weighted by Gasteiger charge is 2.31. The zero-order chi connectivity index (χ0) is 20.1. The van der Waals surface area contributed by atoms with E-state index in [1.807, 2.05) is 36.4 Å². The van der Waals surface area contributed by atoms with E-state index < -0.39 is 24.0 Å². The predicted molar refractivity (Wildman–Crippen MR) is 103 cm³/mol. The van der Waals surface area contributed by atoms with Crippen LogP contribution in [0.1, 0.15) is 18.9 Å². The summed E-state index contributed by atoms with van der Waals surface area (Å²) in [5.74, 6) is -1.17. The molecule has 1 unspecified atom stereocenters. The van der Waals surface area contributed by atoms with Gasteiger partial charge in [-0.05, 0) is 24.6 Å². The lowest BCUT2D eigenvalue weighted by molar-refractivity contribution is -0.141. The Bertz CT molecular complexity index is 868. The van der Waals surface area contributed by atoms with Crippen LogP contribution in [0.4, 0.5) is 5.69 Å². The van der Waals surface area contributed by atoms with Gasteiger partial charge in [0.05, 0.1) is 5.69 Å². The summed E-state index contributed by atoms with van der Waals surface area (Å²) >= 11 is 0. The minimum absolute atomic E-state index is 0.00857. The Morgan fingerprint density at radius 1 is 1.14 bits per heavy atom. The third-order valence-electron chi connectivity index (χ3n) is 4.55. The number of carbonyl (C=O) groups excluding carboxylic acids is 2. The SMILES string of the molecule is CC1Oc2ccccc2N(CCC(=O)N[C@@H](Cc2ccccc2)C(=O)O)C1=O. The lowest BCUT2D eigenvalue weighted by Crippen LogP contribution is -2.47. The molecule has 2 aromatic rings. The van der Waals surface area contributed by atoms with E-state index in [0.29, 0.717) is 11.4 Å². The predicted octanol–water partition coefficient (Wildman–Crippen LogP) is 2.00. The average Bonchev–Trinajstić information content (AvgIpc) is 2.68. The monoisotopic (exact) mass is 382 g/mol. The van der Waals surface area contributed by atoms with Gasteiger partial charge in [-0.1, -0.05) is 42.5 Å². The van der Waals surface area contributed by atoms with E-state index in [1.165, 1.54) is 4.90 Å². The van der Waals surface area contributed by atoms with E-state index in [0.717, 1.165) is 5.56 Å². The molecule has 0 aromatic heterocycles. The Hall–Kier alpha value is -3.35. The van der Waals surface area contributed by atoms with Gasteiger partial charge in [-0.15, -0.1) is 0 Å². The van der Waals surface area contributed by atoms with Crippen molar-refractivity contribution in [3.05, 3.63) is 60.2 Å². The fourth-order valence-corrected chi connectivity index (χ4v) is 3.12. The van der Waals surface area contributed by atoms with E-state index in [4.69, 9.17) is 4.74 Å². The van der Waals surface area contributed by atoms with Gasteiger partial charge in [0.1, 0.15) is 11.8 Å². The van der Waals surface area contributed by atoms with Crippen molar-refractivity contribution in [1.82, 2.24) is 5.32 Å². The summed E-state index contributed by atoms with van der Waals surface area (Å²) in [6.45, 7) is 1.80. The lowest BCUT2D eigenvalue weighted by atomic mass is 10.1. The smallest absolute Gasteiger partial charge is 0.326 e. The molecule has 1 heterocycles. The summed E-state index contributed by atoms with van der Waals surface area (Å²) in [6, 6.07) is 15.2. The van der Waals surface area contributed by atoms with Crippen LogP contribution in [0, 0.1) is 0 Å². The normalized spacial score (nSPS) is 16.7. The molecule has 0 bridgehead atoms. The molecule has 0 fully saturated rings. The van der Waals surface area contributed by atoms with Crippen LogP contribution in [-0.2, 0) is 20.8 Å².